The van der Waals surface area contributed by atoms with Crippen LogP contribution in [0.5, 0.6) is 5.75 Å². The molecule has 0 radical (unpaired) electrons. The van der Waals surface area contributed by atoms with Gasteiger partial charge in [0.15, 0.2) is 0 Å². The first kappa shape index (κ1) is 15.2. The Hall–Kier alpha value is -2.39. The van der Waals surface area contributed by atoms with Crippen LogP contribution < -0.4 is 0 Å². The second-order valence-corrected chi connectivity index (χ2v) is 6.55. The molecule has 0 saturated heterocycles. The summed E-state index contributed by atoms with van der Waals surface area (Å²) in [6, 6.07) is 19.1. The number of fused-ring (bicyclic) bond motifs is 1. The van der Waals surface area contributed by atoms with Crippen molar-refractivity contribution in [2.75, 3.05) is 0 Å². The molecule has 3 aromatic rings. The van der Waals surface area contributed by atoms with Crippen molar-refractivity contribution < 1.29 is 9.50 Å². The Morgan fingerprint density at radius 2 is 1.67 bits per heavy atom. The SMILES string of the molecule is Oc1ccc2ccccc2c1CN(Cc1ccc(F)cc1)C1CC1. The zero-order chi connectivity index (χ0) is 16.5. The molecule has 0 heterocycles. The summed E-state index contributed by atoms with van der Waals surface area (Å²) in [6.45, 7) is 1.48. The van der Waals surface area contributed by atoms with Crippen LogP contribution >= 0.6 is 0 Å². The maximum Gasteiger partial charge on any atom is 0.123 e. The average Bonchev–Trinajstić information content (AvgIpc) is 3.43. The standard InChI is InChI=1S/C21H20FNO/c22-17-8-5-15(6-9-17)13-23(18-10-11-18)14-20-19-4-2-1-3-16(19)7-12-21(20)24/h1-9,12,18,24H,10-11,13-14H2. The Labute approximate surface area is 141 Å². The van der Waals surface area contributed by atoms with Gasteiger partial charge in [0.2, 0.25) is 0 Å². The van der Waals surface area contributed by atoms with Crippen LogP contribution in [0.4, 0.5) is 4.39 Å². The highest BCUT2D eigenvalue weighted by molar-refractivity contribution is 5.87. The van der Waals surface area contributed by atoms with Crippen LogP contribution in [0.3, 0.4) is 0 Å². The fourth-order valence-electron chi connectivity index (χ4n) is 3.27. The molecular weight excluding hydrogens is 301 g/mol. The van der Waals surface area contributed by atoms with Crippen molar-refractivity contribution in [2.24, 2.45) is 0 Å². The van der Waals surface area contributed by atoms with Crippen LogP contribution in [-0.4, -0.2) is 16.0 Å². The molecule has 24 heavy (non-hydrogen) atoms. The zero-order valence-corrected chi connectivity index (χ0v) is 13.5. The highest BCUT2D eigenvalue weighted by Gasteiger charge is 2.29. The van der Waals surface area contributed by atoms with E-state index >= 15 is 0 Å². The number of phenolic OH excluding ortho intramolecular Hbond substituents is 1. The Kier molecular flexibility index (Phi) is 3.95. The van der Waals surface area contributed by atoms with E-state index in [1.165, 1.54) is 25.0 Å². The molecule has 1 saturated carbocycles. The number of nitrogens with zero attached hydrogens (tertiary/aromatic N) is 1. The molecule has 0 amide bonds. The quantitative estimate of drug-likeness (QED) is 0.726. The Balaban J connectivity index is 1.64. The monoisotopic (exact) mass is 321 g/mol. The molecule has 1 aliphatic carbocycles. The van der Waals surface area contributed by atoms with E-state index in [1.807, 2.05) is 30.3 Å². The van der Waals surface area contributed by atoms with Crippen molar-refractivity contribution in [3.63, 3.8) is 0 Å². The van der Waals surface area contributed by atoms with Gasteiger partial charge >= 0.3 is 0 Å². The predicted octanol–water partition coefficient (Wildman–Crippen LogP) is 4.85. The van der Waals surface area contributed by atoms with E-state index < -0.39 is 0 Å². The van der Waals surface area contributed by atoms with E-state index in [-0.39, 0.29) is 5.82 Å². The maximum atomic E-state index is 13.1. The third kappa shape index (κ3) is 3.13. The van der Waals surface area contributed by atoms with Crippen LogP contribution in [0.1, 0.15) is 24.0 Å². The molecule has 122 valence electrons. The lowest BCUT2D eigenvalue weighted by molar-refractivity contribution is 0.243. The van der Waals surface area contributed by atoms with Crippen molar-refractivity contribution in [3.8, 4) is 5.75 Å². The molecule has 4 rings (SSSR count). The van der Waals surface area contributed by atoms with Gasteiger partial charge in [-0.15, -0.1) is 0 Å². The number of halogens is 1. The van der Waals surface area contributed by atoms with Crippen LogP contribution in [0, 0.1) is 5.82 Å². The van der Waals surface area contributed by atoms with Crippen LogP contribution in [0.2, 0.25) is 0 Å². The molecule has 0 unspecified atom stereocenters. The van der Waals surface area contributed by atoms with E-state index in [0.29, 0.717) is 18.3 Å². The molecular formula is C21H20FNO. The number of hydrogen-bond acceptors (Lipinski definition) is 2. The van der Waals surface area contributed by atoms with Gasteiger partial charge in [-0.2, -0.15) is 0 Å². The van der Waals surface area contributed by atoms with Gasteiger partial charge in [-0.25, -0.2) is 4.39 Å². The van der Waals surface area contributed by atoms with Crippen LogP contribution in [-0.2, 0) is 13.1 Å². The van der Waals surface area contributed by atoms with Gasteiger partial charge in [-0.05, 0) is 47.4 Å². The minimum atomic E-state index is -0.205. The van der Waals surface area contributed by atoms with Crippen molar-refractivity contribution in [1.29, 1.82) is 0 Å². The zero-order valence-electron chi connectivity index (χ0n) is 13.5. The second-order valence-electron chi connectivity index (χ2n) is 6.55. The fourth-order valence-corrected chi connectivity index (χ4v) is 3.27. The Bertz CT molecular complexity index is 855. The fraction of sp³-hybridized carbons (Fsp3) is 0.238. The molecule has 0 aromatic heterocycles. The Morgan fingerprint density at radius 3 is 2.42 bits per heavy atom. The highest BCUT2D eigenvalue weighted by atomic mass is 19.1. The van der Waals surface area contributed by atoms with Gasteiger partial charge in [0.05, 0.1) is 0 Å². The largest absolute Gasteiger partial charge is 0.508 e. The summed E-state index contributed by atoms with van der Waals surface area (Å²) in [5.41, 5.74) is 2.07. The van der Waals surface area contributed by atoms with Gasteiger partial charge in [-0.1, -0.05) is 42.5 Å². The number of hydrogen-bond donors (Lipinski definition) is 1. The van der Waals surface area contributed by atoms with Crippen LogP contribution in [0.15, 0.2) is 60.7 Å². The van der Waals surface area contributed by atoms with E-state index in [2.05, 4.69) is 17.0 Å². The molecule has 2 nitrogen and oxygen atoms in total. The van der Waals surface area contributed by atoms with Crippen molar-refractivity contribution in [2.45, 2.75) is 32.0 Å². The van der Waals surface area contributed by atoms with Gasteiger partial charge in [0.25, 0.3) is 0 Å². The molecule has 1 aliphatic rings. The summed E-state index contributed by atoms with van der Waals surface area (Å²) in [5.74, 6) is 0.141. The van der Waals surface area contributed by atoms with Crippen LogP contribution in [0.25, 0.3) is 10.8 Å². The molecule has 3 heteroatoms. The normalized spacial score (nSPS) is 14.4. The summed E-state index contributed by atoms with van der Waals surface area (Å²) in [7, 11) is 0. The minimum absolute atomic E-state index is 0.205. The number of benzene rings is 3. The van der Waals surface area contributed by atoms with Gasteiger partial charge in [-0.3, -0.25) is 4.90 Å². The molecule has 0 atom stereocenters. The van der Waals surface area contributed by atoms with E-state index in [1.54, 1.807) is 6.07 Å². The lowest BCUT2D eigenvalue weighted by atomic mass is 10.0. The van der Waals surface area contributed by atoms with Gasteiger partial charge in [0, 0.05) is 24.7 Å². The lowest BCUT2D eigenvalue weighted by Crippen LogP contribution is -2.25. The third-order valence-electron chi connectivity index (χ3n) is 4.74. The predicted molar refractivity (Wildman–Crippen MR) is 94.3 cm³/mol. The molecule has 3 aromatic carbocycles. The first-order chi connectivity index (χ1) is 11.7. The molecule has 0 bridgehead atoms. The summed E-state index contributed by atoms with van der Waals surface area (Å²) in [4.78, 5) is 2.38. The smallest absolute Gasteiger partial charge is 0.123 e. The molecule has 1 N–H and O–H groups in total. The number of aromatic hydroxyl groups is 1. The van der Waals surface area contributed by atoms with Crippen molar-refractivity contribution in [1.82, 2.24) is 4.90 Å². The summed E-state index contributed by atoms with van der Waals surface area (Å²) >= 11 is 0. The summed E-state index contributed by atoms with van der Waals surface area (Å²) in [5, 5.41) is 12.6. The number of phenols is 1. The first-order valence-corrected chi connectivity index (χ1v) is 8.39. The first-order valence-electron chi connectivity index (χ1n) is 8.39. The summed E-state index contributed by atoms with van der Waals surface area (Å²) < 4.78 is 13.1. The topological polar surface area (TPSA) is 23.5 Å². The van der Waals surface area contributed by atoms with Gasteiger partial charge < -0.3 is 5.11 Å². The van der Waals surface area contributed by atoms with Crippen molar-refractivity contribution >= 4 is 10.8 Å². The lowest BCUT2D eigenvalue weighted by Gasteiger charge is -2.23. The van der Waals surface area contributed by atoms with E-state index in [4.69, 9.17) is 0 Å². The summed E-state index contributed by atoms with van der Waals surface area (Å²) in [6.07, 6.45) is 2.37. The molecule has 0 aliphatic heterocycles. The highest BCUT2D eigenvalue weighted by Crippen LogP contribution is 2.34. The van der Waals surface area contributed by atoms with E-state index in [9.17, 15) is 9.50 Å². The molecule has 1 fully saturated rings. The third-order valence-corrected chi connectivity index (χ3v) is 4.74. The second kappa shape index (κ2) is 6.25. The van der Waals surface area contributed by atoms with E-state index in [0.717, 1.165) is 28.4 Å². The number of rotatable bonds is 5. The average molecular weight is 321 g/mol. The molecule has 0 spiro atoms. The Morgan fingerprint density at radius 1 is 0.917 bits per heavy atom. The maximum absolute atomic E-state index is 13.1. The van der Waals surface area contributed by atoms with Crippen molar-refractivity contribution in [3.05, 3.63) is 77.6 Å². The van der Waals surface area contributed by atoms with Gasteiger partial charge in [0.1, 0.15) is 11.6 Å². The minimum Gasteiger partial charge on any atom is -0.508 e.